The summed E-state index contributed by atoms with van der Waals surface area (Å²) in [4.78, 5) is 23.1. The van der Waals surface area contributed by atoms with Crippen LogP contribution in [0.4, 0.5) is 11.4 Å². The zero-order valence-electron chi connectivity index (χ0n) is 13.8. The minimum atomic E-state index is -0.140. The summed E-state index contributed by atoms with van der Waals surface area (Å²) in [5.74, 6) is 1.14. The summed E-state index contributed by atoms with van der Waals surface area (Å²) in [6.07, 6.45) is 0. The van der Waals surface area contributed by atoms with E-state index in [1.54, 1.807) is 18.2 Å². The smallest absolute Gasteiger partial charge is 0.239 e. The van der Waals surface area contributed by atoms with Gasteiger partial charge in [-0.15, -0.1) is 0 Å². The number of ether oxygens (including phenoxy) is 2. The molecule has 0 aliphatic carbocycles. The second kappa shape index (κ2) is 7.57. The summed E-state index contributed by atoms with van der Waals surface area (Å²) < 4.78 is 10.6. The van der Waals surface area contributed by atoms with Crippen LogP contribution in [0.2, 0.25) is 0 Å². The molecule has 0 saturated carbocycles. The molecule has 7 nitrogen and oxygen atoms in total. The molecule has 25 heavy (non-hydrogen) atoms. The van der Waals surface area contributed by atoms with Gasteiger partial charge in [0.1, 0.15) is 0 Å². The number of carbonyl (C=O) groups is 2. The van der Waals surface area contributed by atoms with Crippen molar-refractivity contribution >= 4 is 23.2 Å². The van der Waals surface area contributed by atoms with Crippen molar-refractivity contribution in [3.05, 3.63) is 48.0 Å². The van der Waals surface area contributed by atoms with E-state index in [-0.39, 0.29) is 25.2 Å². The third-order valence-corrected chi connectivity index (χ3v) is 3.56. The van der Waals surface area contributed by atoms with Crippen LogP contribution >= 0.6 is 0 Å². The average molecular weight is 341 g/mol. The fourth-order valence-corrected chi connectivity index (χ4v) is 2.41. The number of amides is 2. The predicted octanol–water partition coefficient (Wildman–Crippen LogP) is 2.10. The number of nitrogens with one attached hydrogen (secondary N) is 3. The van der Waals surface area contributed by atoms with Crippen LogP contribution in [-0.4, -0.2) is 25.2 Å². The molecule has 0 atom stereocenters. The van der Waals surface area contributed by atoms with Crippen LogP contribution in [0.5, 0.6) is 11.5 Å². The Morgan fingerprint density at radius 3 is 2.68 bits per heavy atom. The lowest BCUT2D eigenvalue weighted by Crippen LogP contribution is -2.29. The van der Waals surface area contributed by atoms with Crippen LogP contribution in [0.1, 0.15) is 12.5 Å². The molecule has 1 heterocycles. The Hall–Kier alpha value is -3.22. The van der Waals surface area contributed by atoms with Gasteiger partial charge in [-0.05, 0) is 35.9 Å². The van der Waals surface area contributed by atoms with Gasteiger partial charge in [0.2, 0.25) is 18.6 Å². The number of hydrogen-bond donors (Lipinski definition) is 3. The van der Waals surface area contributed by atoms with Crippen molar-refractivity contribution < 1.29 is 19.1 Å². The molecule has 1 aliphatic heterocycles. The maximum Gasteiger partial charge on any atom is 0.239 e. The molecule has 3 N–H and O–H groups in total. The summed E-state index contributed by atoms with van der Waals surface area (Å²) in [6.45, 7) is 2.22. The standard InChI is InChI=1S/C18H19N3O4/c1-12(22)21-15-4-2-3-14(8-15)19-10-18(23)20-9-13-5-6-16-17(7-13)25-11-24-16/h2-8,19H,9-11H2,1H3,(H,20,23)(H,21,22). The maximum absolute atomic E-state index is 12.0. The molecule has 0 fully saturated rings. The lowest BCUT2D eigenvalue weighted by Gasteiger charge is -2.10. The molecule has 7 heteroatoms. The number of rotatable bonds is 6. The molecule has 0 radical (unpaired) electrons. The number of carbonyl (C=O) groups excluding carboxylic acids is 2. The lowest BCUT2D eigenvalue weighted by atomic mass is 10.2. The second-order valence-corrected chi connectivity index (χ2v) is 5.58. The van der Waals surface area contributed by atoms with E-state index in [9.17, 15) is 9.59 Å². The zero-order valence-corrected chi connectivity index (χ0v) is 13.8. The van der Waals surface area contributed by atoms with Crippen LogP contribution in [0.25, 0.3) is 0 Å². The minimum absolute atomic E-state index is 0.133. The number of anilines is 2. The van der Waals surface area contributed by atoms with Gasteiger partial charge in [0.15, 0.2) is 11.5 Å². The van der Waals surface area contributed by atoms with E-state index in [0.29, 0.717) is 18.0 Å². The SMILES string of the molecule is CC(=O)Nc1cccc(NCC(=O)NCc2ccc3c(c2)OCO3)c1. The Morgan fingerprint density at radius 1 is 1.04 bits per heavy atom. The molecule has 0 spiro atoms. The van der Waals surface area contributed by atoms with E-state index >= 15 is 0 Å². The highest BCUT2D eigenvalue weighted by atomic mass is 16.7. The zero-order chi connectivity index (χ0) is 17.6. The molecule has 0 unspecified atom stereocenters. The predicted molar refractivity (Wildman–Crippen MR) is 93.6 cm³/mol. The van der Waals surface area contributed by atoms with Crippen LogP contribution in [0.15, 0.2) is 42.5 Å². The molecule has 2 aromatic carbocycles. The number of hydrogen-bond acceptors (Lipinski definition) is 5. The lowest BCUT2D eigenvalue weighted by molar-refractivity contribution is -0.119. The molecular weight excluding hydrogens is 322 g/mol. The largest absolute Gasteiger partial charge is 0.454 e. The molecule has 3 rings (SSSR count). The van der Waals surface area contributed by atoms with Gasteiger partial charge in [-0.2, -0.15) is 0 Å². The van der Waals surface area contributed by atoms with Gasteiger partial charge in [-0.25, -0.2) is 0 Å². The first-order valence-electron chi connectivity index (χ1n) is 7.87. The summed E-state index contributed by atoms with van der Waals surface area (Å²) >= 11 is 0. The molecule has 0 saturated heterocycles. The molecular formula is C18H19N3O4. The van der Waals surface area contributed by atoms with Crippen molar-refractivity contribution in [3.63, 3.8) is 0 Å². The number of benzene rings is 2. The minimum Gasteiger partial charge on any atom is -0.454 e. The molecule has 130 valence electrons. The van der Waals surface area contributed by atoms with Crippen molar-refractivity contribution in [2.45, 2.75) is 13.5 Å². The van der Waals surface area contributed by atoms with Gasteiger partial charge in [0.25, 0.3) is 0 Å². The van der Waals surface area contributed by atoms with Crippen molar-refractivity contribution in [3.8, 4) is 11.5 Å². The first kappa shape index (κ1) is 16.6. The third-order valence-electron chi connectivity index (χ3n) is 3.56. The highest BCUT2D eigenvalue weighted by Gasteiger charge is 2.13. The van der Waals surface area contributed by atoms with Crippen molar-refractivity contribution in [2.24, 2.45) is 0 Å². The summed E-state index contributed by atoms with van der Waals surface area (Å²) in [7, 11) is 0. The maximum atomic E-state index is 12.0. The van der Waals surface area contributed by atoms with Gasteiger partial charge >= 0.3 is 0 Å². The van der Waals surface area contributed by atoms with Gasteiger partial charge in [-0.1, -0.05) is 12.1 Å². The van der Waals surface area contributed by atoms with E-state index in [0.717, 1.165) is 17.0 Å². The topological polar surface area (TPSA) is 88.7 Å². The van der Waals surface area contributed by atoms with Crippen molar-refractivity contribution in [1.29, 1.82) is 0 Å². The van der Waals surface area contributed by atoms with E-state index < -0.39 is 0 Å². The quantitative estimate of drug-likeness (QED) is 0.749. The van der Waals surface area contributed by atoms with Gasteiger partial charge in [0.05, 0.1) is 6.54 Å². The van der Waals surface area contributed by atoms with Crippen LogP contribution in [-0.2, 0) is 16.1 Å². The monoisotopic (exact) mass is 341 g/mol. The Morgan fingerprint density at radius 2 is 1.84 bits per heavy atom. The van der Waals surface area contributed by atoms with E-state index in [1.807, 2.05) is 24.3 Å². The molecule has 2 amide bonds. The normalized spacial score (nSPS) is 11.7. The highest BCUT2D eigenvalue weighted by Crippen LogP contribution is 2.32. The fourth-order valence-electron chi connectivity index (χ4n) is 2.41. The van der Waals surface area contributed by atoms with E-state index in [1.165, 1.54) is 6.92 Å². The molecule has 1 aliphatic rings. The molecule has 0 bridgehead atoms. The Bertz CT molecular complexity index is 792. The van der Waals surface area contributed by atoms with Gasteiger partial charge in [-0.3, -0.25) is 9.59 Å². The highest BCUT2D eigenvalue weighted by molar-refractivity contribution is 5.89. The van der Waals surface area contributed by atoms with Gasteiger partial charge < -0.3 is 25.4 Å². The fraction of sp³-hybridized carbons (Fsp3) is 0.222. The van der Waals surface area contributed by atoms with Crippen molar-refractivity contribution in [2.75, 3.05) is 24.0 Å². The summed E-state index contributed by atoms with van der Waals surface area (Å²) in [6, 6.07) is 12.8. The van der Waals surface area contributed by atoms with Crippen LogP contribution in [0, 0.1) is 0 Å². The molecule has 0 aromatic heterocycles. The Labute approximate surface area is 145 Å². The Kier molecular flexibility index (Phi) is 5.03. The Balaban J connectivity index is 1.47. The first-order valence-corrected chi connectivity index (χ1v) is 7.87. The van der Waals surface area contributed by atoms with Gasteiger partial charge in [0, 0.05) is 24.8 Å². The van der Waals surface area contributed by atoms with Crippen LogP contribution < -0.4 is 25.4 Å². The summed E-state index contributed by atoms with van der Waals surface area (Å²) in [5.41, 5.74) is 2.37. The first-order chi connectivity index (χ1) is 12.1. The average Bonchev–Trinajstić information content (AvgIpc) is 3.05. The second-order valence-electron chi connectivity index (χ2n) is 5.58. The van der Waals surface area contributed by atoms with Crippen LogP contribution in [0.3, 0.4) is 0 Å². The molecule has 2 aromatic rings. The van der Waals surface area contributed by atoms with Crippen molar-refractivity contribution in [1.82, 2.24) is 5.32 Å². The third kappa shape index (κ3) is 4.63. The van der Waals surface area contributed by atoms with E-state index in [2.05, 4.69) is 16.0 Å². The summed E-state index contributed by atoms with van der Waals surface area (Å²) in [5, 5.41) is 8.57. The number of fused-ring (bicyclic) bond motifs is 1. The van der Waals surface area contributed by atoms with E-state index in [4.69, 9.17) is 9.47 Å².